The molecule has 1 aromatic heterocycles. The number of hydrogen-bond donors (Lipinski definition) is 2. The molecule has 0 saturated carbocycles. The number of para-hydroxylation sites is 2. The number of hydrogen-bond acceptors (Lipinski definition) is 7. The van der Waals surface area contributed by atoms with Gasteiger partial charge in [0.1, 0.15) is 24.1 Å². The minimum Gasteiger partial charge on any atom is -0.492 e. The van der Waals surface area contributed by atoms with E-state index in [1.165, 1.54) is 17.3 Å². The van der Waals surface area contributed by atoms with E-state index in [-0.39, 0.29) is 5.91 Å². The van der Waals surface area contributed by atoms with Crippen molar-refractivity contribution >= 4 is 40.9 Å². The molecule has 0 fully saturated rings. The van der Waals surface area contributed by atoms with E-state index in [0.717, 1.165) is 11.1 Å². The second-order valence-corrected chi connectivity index (χ2v) is 11.7. The van der Waals surface area contributed by atoms with Crippen molar-refractivity contribution in [1.82, 2.24) is 14.8 Å². The number of amides is 1. The van der Waals surface area contributed by atoms with Crippen molar-refractivity contribution in [2.45, 2.75) is 37.4 Å². The molecule has 6 rings (SSSR count). The Balaban J connectivity index is 1.34. The van der Waals surface area contributed by atoms with Gasteiger partial charge in [-0.05, 0) is 55.3 Å². The molecule has 1 aliphatic rings. The van der Waals surface area contributed by atoms with Crippen LogP contribution < -0.4 is 20.1 Å². The molecule has 1 amide bonds. The standard InChI is InChI=1S/C35H32ClN5O3S/c1-3-43-30-19-10-9-18-29(30)38-33(42)31-23(2)37-34-39-35(45-22-24-12-5-4-6-13-24)40-41(34)32(31)25-15-11-16-27(20-25)44-21-26-14-7-8-17-28(26)36/h4-20,32H,3,21-22H2,1-2H3,(H,38,42)(H,37,39,40). The van der Waals surface area contributed by atoms with Crippen LogP contribution in [0.15, 0.2) is 120 Å². The maximum atomic E-state index is 14.1. The molecule has 5 aromatic rings. The second kappa shape index (κ2) is 13.9. The molecular formula is C35H32ClN5O3S. The number of benzene rings is 4. The minimum atomic E-state index is -0.581. The third-order valence-corrected chi connectivity index (χ3v) is 8.53. The number of carbonyl (C=O) groups excluding carboxylic acids is 1. The highest BCUT2D eigenvalue weighted by Crippen LogP contribution is 2.38. The second-order valence-electron chi connectivity index (χ2n) is 10.3. The van der Waals surface area contributed by atoms with Gasteiger partial charge in [-0.2, -0.15) is 4.98 Å². The maximum Gasteiger partial charge on any atom is 0.255 e. The Labute approximate surface area is 271 Å². The van der Waals surface area contributed by atoms with E-state index in [1.54, 1.807) is 4.68 Å². The van der Waals surface area contributed by atoms with Gasteiger partial charge in [0, 0.05) is 22.0 Å². The van der Waals surface area contributed by atoms with Gasteiger partial charge in [-0.15, -0.1) is 5.10 Å². The fraction of sp³-hybridized carbons (Fsp3) is 0.171. The molecule has 0 saturated heterocycles. The summed E-state index contributed by atoms with van der Waals surface area (Å²) in [5.41, 5.74) is 4.64. The van der Waals surface area contributed by atoms with E-state index in [9.17, 15) is 4.79 Å². The fourth-order valence-corrected chi connectivity index (χ4v) is 6.08. The normalized spacial score (nSPS) is 14.0. The monoisotopic (exact) mass is 637 g/mol. The summed E-state index contributed by atoms with van der Waals surface area (Å²) in [6.45, 7) is 4.57. The molecule has 228 valence electrons. The highest BCUT2D eigenvalue weighted by Gasteiger charge is 2.35. The summed E-state index contributed by atoms with van der Waals surface area (Å²) in [4.78, 5) is 18.9. The average Bonchev–Trinajstić information content (AvgIpc) is 3.46. The number of rotatable bonds is 11. The highest BCUT2D eigenvalue weighted by molar-refractivity contribution is 7.98. The van der Waals surface area contributed by atoms with Gasteiger partial charge in [-0.1, -0.05) is 96.2 Å². The zero-order chi connectivity index (χ0) is 31.2. The number of allylic oxidation sites excluding steroid dienone is 1. The van der Waals surface area contributed by atoms with Crippen LogP contribution in [0.25, 0.3) is 0 Å². The van der Waals surface area contributed by atoms with Crippen molar-refractivity contribution in [1.29, 1.82) is 0 Å². The van der Waals surface area contributed by atoms with Crippen LogP contribution in [-0.4, -0.2) is 27.3 Å². The van der Waals surface area contributed by atoms with Crippen LogP contribution >= 0.6 is 23.4 Å². The van der Waals surface area contributed by atoms with Crippen molar-refractivity contribution in [2.24, 2.45) is 0 Å². The Morgan fingerprint density at radius 1 is 0.978 bits per heavy atom. The number of nitrogens with zero attached hydrogens (tertiary/aromatic N) is 3. The van der Waals surface area contributed by atoms with E-state index in [1.807, 2.05) is 105 Å². The first kappa shape index (κ1) is 30.3. The van der Waals surface area contributed by atoms with Gasteiger partial charge in [0.2, 0.25) is 11.1 Å². The van der Waals surface area contributed by atoms with E-state index < -0.39 is 6.04 Å². The Bertz CT molecular complexity index is 1840. The predicted octanol–water partition coefficient (Wildman–Crippen LogP) is 8.13. The molecule has 45 heavy (non-hydrogen) atoms. The van der Waals surface area contributed by atoms with Crippen LogP contribution in [0.3, 0.4) is 0 Å². The molecule has 0 bridgehead atoms. The van der Waals surface area contributed by atoms with Crippen molar-refractivity contribution in [3.8, 4) is 11.5 Å². The molecule has 1 aliphatic heterocycles. The Morgan fingerprint density at radius 3 is 2.58 bits per heavy atom. The zero-order valence-electron chi connectivity index (χ0n) is 24.9. The third kappa shape index (κ3) is 7.00. The van der Waals surface area contributed by atoms with Crippen LogP contribution in [0.2, 0.25) is 5.02 Å². The lowest BCUT2D eigenvalue weighted by molar-refractivity contribution is -0.113. The molecule has 8 nitrogen and oxygen atoms in total. The predicted molar refractivity (Wildman–Crippen MR) is 179 cm³/mol. The number of carbonyl (C=O) groups is 1. The van der Waals surface area contributed by atoms with Gasteiger partial charge >= 0.3 is 0 Å². The van der Waals surface area contributed by atoms with E-state index in [0.29, 0.717) is 63.6 Å². The van der Waals surface area contributed by atoms with Crippen LogP contribution in [0.5, 0.6) is 11.5 Å². The van der Waals surface area contributed by atoms with Gasteiger partial charge < -0.3 is 20.1 Å². The Morgan fingerprint density at radius 2 is 1.76 bits per heavy atom. The van der Waals surface area contributed by atoms with E-state index >= 15 is 0 Å². The molecular weight excluding hydrogens is 606 g/mol. The SMILES string of the molecule is CCOc1ccccc1NC(=O)C1=C(C)Nc2nc(SCc3ccccc3)nn2C1c1cccc(OCc2ccccc2Cl)c1. The van der Waals surface area contributed by atoms with Gasteiger partial charge in [0.15, 0.2) is 0 Å². The van der Waals surface area contributed by atoms with E-state index in [4.69, 9.17) is 31.2 Å². The van der Waals surface area contributed by atoms with Crippen LogP contribution in [0.1, 0.15) is 36.6 Å². The van der Waals surface area contributed by atoms with Gasteiger partial charge in [-0.25, -0.2) is 4.68 Å². The molecule has 2 heterocycles. The van der Waals surface area contributed by atoms with Crippen molar-refractivity contribution in [2.75, 3.05) is 17.2 Å². The summed E-state index contributed by atoms with van der Waals surface area (Å²) in [7, 11) is 0. The van der Waals surface area contributed by atoms with Crippen molar-refractivity contribution < 1.29 is 14.3 Å². The van der Waals surface area contributed by atoms with Crippen molar-refractivity contribution in [3.05, 3.63) is 136 Å². The number of aromatic nitrogens is 3. The molecule has 0 spiro atoms. The maximum absolute atomic E-state index is 14.1. The lowest BCUT2D eigenvalue weighted by Crippen LogP contribution is -2.31. The van der Waals surface area contributed by atoms with E-state index in [2.05, 4.69) is 22.8 Å². The lowest BCUT2D eigenvalue weighted by atomic mass is 9.94. The lowest BCUT2D eigenvalue weighted by Gasteiger charge is -2.29. The zero-order valence-corrected chi connectivity index (χ0v) is 26.4. The van der Waals surface area contributed by atoms with Crippen LogP contribution in [0.4, 0.5) is 11.6 Å². The summed E-state index contributed by atoms with van der Waals surface area (Å²) in [5.74, 6) is 2.24. The quantitative estimate of drug-likeness (QED) is 0.141. The summed E-state index contributed by atoms with van der Waals surface area (Å²) >= 11 is 7.91. The Kier molecular flexibility index (Phi) is 9.38. The molecule has 2 N–H and O–H groups in total. The first-order valence-electron chi connectivity index (χ1n) is 14.6. The highest BCUT2D eigenvalue weighted by atomic mass is 35.5. The largest absolute Gasteiger partial charge is 0.492 e. The van der Waals surface area contributed by atoms with Crippen LogP contribution in [-0.2, 0) is 17.2 Å². The molecule has 1 unspecified atom stereocenters. The van der Waals surface area contributed by atoms with Gasteiger partial charge in [0.05, 0.1) is 17.9 Å². The first-order valence-corrected chi connectivity index (χ1v) is 16.0. The minimum absolute atomic E-state index is 0.279. The average molecular weight is 638 g/mol. The Hall–Kier alpha value is -4.73. The molecule has 1 atom stereocenters. The van der Waals surface area contributed by atoms with Crippen LogP contribution in [0, 0.1) is 0 Å². The molecule has 4 aromatic carbocycles. The molecule has 10 heteroatoms. The first-order chi connectivity index (χ1) is 22.0. The third-order valence-electron chi connectivity index (χ3n) is 7.25. The number of nitrogens with one attached hydrogen (secondary N) is 2. The van der Waals surface area contributed by atoms with Crippen molar-refractivity contribution in [3.63, 3.8) is 0 Å². The number of thioether (sulfide) groups is 1. The number of fused-ring (bicyclic) bond motifs is 1. The summed E-state index contributed by atoms with van der Waals surface area (Å²) in [6, 6.07) is 32.3. The number of anilines is 2. The van der Waals surface area contributed by atoms with Gasteiger partial charge in [-0.3, -0.25) is 4.79 Å². The summed E-state index contributed by atoms with van der Waals surface area (Å²) < 4.78 is 13.7. The number of ether oxygens (including phenoxy) is 2. The smallest absolute Gasteiger partial charge is 0.255 e. The van der Waals surface area contributed by atoms with Gasteiger partial charge in [0.25, 0.3) is 5.91 Å². The summed E-state index contributed by atoms with van der Waals surface area (Å²) in [5, 5.41) is 12.5. The molecule has 0 aliphatic carbocycles. The fourth-order valence-electron chi connectivity index (χ4n) is 5.11. The topological polar surface area (TPSA) is 90.3 Å². The summed E-state index contributed by atoms with van der Waals surface area (Å²) in [6.07, 6.45) is 0. The number of halogens is 1. The molecule has 0 radical (unpaired) electrons.